The predicted octanol–water partition coefficient (Wildman–Crippen LogP) is -0.957. The van der Waals surface area contributed by atoms with Crippen molar-refractivity contribution in [3.63, 3.8) is 0 Å². The number of nitrogens with one attached hydrogen (secondary N) is 1. The van der Waals surface area contributed by atoms with Crippen LogP contribution in [0.25, 0.3) is 0 Å². The second-order valence-electron chi connectivity index (χ2n) is 7.24. The highest BCUT2D eigenvalue weighted by molar-refractivity contribution is 7.90. The molecule has 0 saturated heterocycles. The summed E-state index contributed by atoms with van der Waals surface area (Å²) in [7, 11) is -1.57. The molecule has 1 aromatic carbocycles. The number of hydrogen-bond donors (Lipinski definition) is 1. The number of sulfone groups is 1. The first kappa shape index (κ1) is 29.3. The second kappa shape index (κ2) is 13.3. The van der Waals surface area contributed by atoms with Gasteiger partial charge in [-0.05, 0) is 24.1 Å². The van der Waals surface area contributed by atoms with Crippen LogP contribution in [0.1, 0.15) is 24.5 Å². The van der Waals surface area contributed by atoms with Gasteiger partial charge in [0, 0.05) is 12.7 Å². The van der Waals surface area contributed by atoms with E-state index in [1.54, 1.807) is 0 Å². The van der Waals surface area contributed by atoms with Gasteiger partial charge in [-0.25, -0.2) is 21.9 Å². The largest absolute Gasteiger partial charge is 1.00 e. The zero-order valence-electron chi connectivity index (χ0n) is 18.0. The maximum Gasteiger partial charge on any atom is 0.306 e. The van der Waals surface area contributed by atoms with Crippen LogP contribution in [0, 0.1) is 0 Å². The van der Waals surface area contributed by atoms with E-state index < -0.39 is 45.4 Å². The number of rotatable bonds is 11. The quantitative estimate of drug-likeness (QED) is 0.207. The first-order valence-corrected chi connectivity index (χ1v) is 12.4. The molecule has 0 aliphatic rings. The van der Waals surface area contributed by atoms with E-state index in [-0.39, 0.29) is 28.3 Å². The first-order chi connectivity index (χ1) is 15.0. The number of imidazole rings is 1. The van der Waals surface area contributed by atoms with E-state index in [0.29, 0.717) is 18.5 Å². The Morgan fingerprint density at radius 1 is 1.24 bits per heavy atom. The Bertz CT molecular complexity index is 1030. The van der Waals surface area contributed by atoms with Gasteiger partial charge < -0.3 is 27.0 Å². The van der Waals surface area contributed by atoms with Gasteiger partial charge in [-0.15, -0.1) is 0 Å². The summed E-state index contributed by atoms with van der Waals surface area (Å²) in [5, 5.41) is 2.32. The summed E-state index contributed by atoms with van der Waals surface area (Å²) in [4.78, 5) is 23.0. The van der Waals surface area contributed by atoms with E-state index in [2.05, 4.69) is 5.32 Å². The summed E-state index contributed by atoms with van der Waals surface area (Å²) in [6.45, 7) is -0.495. The molecule has 184 valence electrons. The molecule has 2 rings (SSSR count). The van der Waals surface area contributed by atoms with Crippen molar-refractivity contribution in [3.8, 4) is 0 Å². The number of nitrogens with zero attached hydrogens (tertiary/aromatic N) is 2. The molecule has 1 N–H and O–H groups in total. The molecular formula is C20H25BrCl2FN3O5S. The molecule has 0 aliphatic heterocycles. The van der Waals surface area contributed by atoms with Crippen molar-refractivity contribution < 1.29 is 48.7 Å². The third kappa shape index (κ3) is 9.23. The Balaban J connectivity index is 0.00000544. The minimum absolute atomic E-state index is 0. The van der Waals surface area contributed by atoms with Gasteiger partial charge in [0.05, 0.1) is 24.5 Å². The summed E-state index contributed by atoms with van der Waals surface area (Å²) in [5.41, 5.74) is 0.312. The Hall–Kier alpha value is -1.69. The van der Waals surface area contributed by atoms with Gasteiger partial charge in [-0.2, -0.15) is 0 Å². The van der Waals surface area contributed by atoms with Crippen LogP contribution in [0.3, 0.4) is 0 Å². The summed E-state index contributed by atoms with van der Waals surface area (Å²) >= 11 is 11.1. The summed E-state index contributed by atoms with van der Waals surface area (Å²) in [6, 6.07) is 4.18. The predicted molar refractivity (Wildman–Crippen MR) is 117 cm³/mol. The number of esters is 1. The highest BCUT2D eigenvalue weighted by Gasteiger charge is 2.30. The fraction of sp³-hybridized carbons (Fsp3) is 0.450. The molecule has 13 heteroatoms. The van der Waals surface area contributed by atoms with Crippen LogP contribution in [-0.2, 0) is 37.8 Å². The van der Waals surface area contributed by atoms with Gasteiger partial charge in [0.2, 0.25) is 6.33 Å². The van der Waals surface area contributed by atoms with Gasteiger partial charge in [-0.3, -0.25) is 9.59 Å². The van der Waals surface area contributed by atoms with Gasteiger partial charge in [0.25, 0.3) is 5.91 Å². The molecule has 1 aromatic heterocycles. The van der Waals surface area contributed by atoms with Crippen molar-refractivity contribution in [2.75, 3.05) is 12.9 Å². The molecule has 2 unspecified atom stereocenters. The molecule has 1 heterocycles. The Kier molecular flexibility index (Phi) is 11.8. The molecule has 0 spiro atoms. The third-order valence-corrected chi connectivity index (χ3v) is 6.10. The number of carbonyl (C=O) groups excluding carboxylic acids is 2. The highest BCUT2D eigenvalue weighted by atomic mass is 79.9. The average molecular weight is 589 g/mol. The van der Waals surface area contributed by atoms with Crippen LogP contribution in [0.5, 0.6) is 0 Å². The van der Waals surface area contributed by atoms with Gasteiger partial charge in [0.1, 0.15) is 25.2 Å². The molecule has 2 atom stereocenters. The van der Waals surface area contributed by atoms with E-state index in [4.69, 9.17) is 27.9 Å². The molecule has 2 aromatic rings. The molecule has 0 saturated carbocycles. The van der Waals surface area contributed by atoms with Crippen LogP contribution in [0.2, 0.25) is 0 Å². The lowest BCUT2D eigenvalue weighted by Crippen LogP contribution is -3.00. The maximum atomic E-state index is 13.8. The van der Waals surface area contributed by atoms with E-state index >= 15 is 0 Å². The number of amides is 1. The van der Waals surface area contributed by atoms with Gasteiger partial charge in [0.15, 0.2) is 14.7 Å². The van der Waals surface area contributed by atoms with Crippen molar-refractivity contribution in [2.45, 2.75) is 41.3 Å². The van der Waals surface area contributed by atoms with Crippen LogP contribution >= 0.6 is 23.2 Å². The summed E-state index contributed by atoms with van der Waals surface area (Å²) < 4.78 is 46.5. The van der Waals surface area contributed by atoms with Crippen molar-refractivity contribution in [3.05, 3.63) is 48.5 Å². The van der Waals surface area contributed by atoms with E-state index in [9.17, 15) is 22.4 Å². The molecule has 0 bridgehead atoms. The number of alkyl halides is 3. The summed E-state index contributed by atoms with van der Waals surface area (Å²) in [6.07, 6.45) is 5.97. The van der Waals surface area contributed by atoms with Crippen molar-refractivity contribution in [1.82, 2.24) is 9.88 Å². The van der Waals surface area contributed by atoms with Crippen LogP contribution in [-0.4, -0.2) is 48.7 Å². The number of ether oxygens (including phenoxy) is 1. The number of halogens is 4. The molecule has 33 heavy (non-hydrogen) atoms. The highest BCUT2D eigenvalue weighted by Crippen LogP contribution is 2.25. The molecule has 0 aliphatic carbocycles. The number of aromatic nitrogens is 2. The third-order valence-electron chi connectivity index (χ3n) is 4.57. The Morgan fingerprint density at radius 2 is 1.88 bits per heavy atom. The molecule has 0 radical (unpaired) electrons. The lowest BCUT2D eigenvalue weighted by molar-refractivity contribution is -0.696. The van der Waals surface area contributed by atoms with Gasteiger partial charge in [-0.1, -0.05) is 35.3 Å². The Morgan fingerprint density at radius 3 is 2.36 bits per heavy atom. The fourth-order valence-corrected chi connectivity index (χ4v) is 3.73. The minimum atomic E-state index is -3.45. The van der Waals surface area contributed by atoms with Gasteiger partial charge >= 0.3 is 5.97 Å². The van der Waals surface area contributed by atoms with Crippen LogP contribution in [0.15, 0.2) is 47.9 Å². The number of carbonyl (C=O) groups is 2. The lowest BCUT2D eigenvalue weighted by atomic mass is 10.0. The zero-order valence-corrected chi connectivity index (χ0v) is 21.9. The topological polar surface area (TPSA) is 98.3 Å². The normalized spacial score (nSPS) is 13.2. The molecule has 0 fully saturated rings. The smallest absolute Gasteiger partial charge is 0.306 e. The summed E-state index contributed by atoms with van der Waals surface area (Å²) in [5.74, 6) is -1.44. The fourth-order valence-electron chi connectivity index (χ4n) is 2.97. The van der Waals surface area contributed by atoms with Crippen molar-refractivity contribution in [1.29, 1.82) is 0 Å². The van der Waals surface area contributed by atoms with Crippen molar-refractivity contribution in [2.24, 2.45) is 7.05 Å². The van der Waals surface area contributed by atoms with E-state index in [0.717, 1.165) is 6.26 Å². The van der Waals surface area contributed by atoms with Crippen LogP contribution in [0.4, 0.5) is 4.39 Å². The minimum Gasteiger partial charge on any atom is -1.00 e. The molecular weight excluding hydrogens is 564 g/mol. The first-order valence-electron chi connectivity index (χ1n) is 9.66. The molecule has 8 nitrogen and oxygen atoms in total. The second-order valence-corrected chi connectivity index (χ2v) is 10.4. The van der Waals surface area contributed by atoms with E-state index in [1.165, 1.54) is 24.3 Å². The monoisotopic (exact) mass is 587 g/mol. The number of benzene rings is 1. The van der Waals surface area contributed by atoms with Crippen LogP contribution < -0.4 is 26.9 Å². The maximum absolute atomic E-state index is 13.8. The van der Waals surface area contributed by atoms with E-state index in [1.807, 2.05) is 34.9 Å². The zero-order chi connectivity index (χ0) is 23.9. The molecule has 1 amide bonds. The lowest BCUT2D eigenvalue weighted by Gasteiger charge is -2.26. The number of aryl methyl sites for hydroxylation is 2. The van der Waals surface area contributed by atoms with Crippen molar-refractivity contribution >= 4 is 44.9 Å². The standard InChI is InChI=1S/C20H24Cl2FN3O5S.BrH/c1-25-10-11-26(13-25)9-3-4-17(27)31-18(16(12-23)24-20(28)19(21)22)14-5-7-15(8-6-14)32(2,29)30;/h5-8,10-11,13,16,18-19H,3-4,9,12H2,1-2H3;1H. The Labute approximate surface area is 212 Å². The number of hydrogen-bond acceptors (Lipinski definition) is 5. The average Bonchev–Trinajstić information content (AvgIpc) is 3.14. The SMILES string of the molecule is Cn1cc[n+](CCCC(=O)OC(c2ccc(S(C)(=O)=O)cc2)C(CF)NC(=O)C(Cl)Cl)c1.[Br-].